The molecule has 0 aromatic rings. The highest BCUT2D eigenvalue weighted by Gasteiger charge is 2.30. The van der Waals surface area contributed by atoms with Crippen molar-refractivity contribution in [3.8, 4) is 0 Å². The molecule has 0 bridgehead atoms. The van der Waals surface area contributed by atoms with Gasteiger partial charge in [-0.1, -0.05) is 166 Å². The van der Waals surface area contributed by atoms with E-state index in [1.54, 1.807) is 0 Å². The van der Waals surface area contributed by atoms with Crippen molar-refractivity contribution in [2.24, 2.45) is 69.6 Å². The van der Waals surface area contributed by atoms with Gasteiger partial charge in [0.2, 0.25) is 5.91 Å². The maximum absolute atomic E-state index is 11.7. The number of nitrogens with one attached hydrogen (secondary N) is 2. The Morgan fingerprint density at radius 3 is 1.09 bits per heavy atom. The van der Waals surface area contributed by atoms with E-state index in [1.165, 1.54) is 5.71 Å². The minimum absolute atomic E-state index is 0.0739. The van der Waals surface area contributed by atoms with E-state index in [4.69, 9.17) is 0 Å². The van der Waals surface area contributed by atoms with Crippen molar-refractivity contribution >= 4 is 34.8 Å². The fourth-order valence-electron chi connectivity index (χ4n) is 6.49. The molecule has 0 radical (unpaired) electrons. The number of carbonyl (C=O) groups is 5. The molecule has 1 amide bonds. The van der Waals surface area contributed by atoms with Crippen LogP contribution < -0.4 is 10.6 Å². The van der Waals surface area contributed by atoms with Crippen LogP contribution in [-0.4, -0.2) is 59.4 Å². The van der Waals surface area contributed by atoms with Gasteiger partial charge in [-0.05, 0) is 82.5 Å². The summed E-state index contributed by atoms with van der Waals surface area (Å²) in [7, 11) is 1.89. The summed E-state index contributed by atoms with van der Waals surface area (Å²) in [4.78, 5) is 60.4. The van der Waals surface area contributed by atoms with Crippen molar-refractivity contribution in [1.29, 1.82) is 0 Å². The quantitative estimate of drug-likeness (QED) is 0.104. The normalized spacial score (nSPS) is 11.9. The fraction of sp³-hybridized carbons (Fsp3) is 0.893. The molecule has 0 unspecified atom stereocenters. The molecule has 8 heteroatoms. The largest absolute Gasteiger partial charge is 0.354 e. The molecule has 0 rings (SSSR count). The summed E-state index contributed by atoms with van der Waals surface area (Å²) in [6.07, 6.45) is 5.92. The molecule has 64 heavy (non-hydrogen) atoms. The SMILES string of the molecule is CC(C)CC(=O)C(C)C.CC(C)CC(=O)NC(C)C.CC(C)CC(C)(C)C(=O)C(C)C.CC(C)CCC(=O)C(C)C.CC(C)NC(C)(C)CC(=O)C(C)C.CN=C(CC(C)C)C(C)C. The van der Waals surface area contributed by atoms with Gasteiger partial charge in [0.15, 0.2) is 0 Å². The Morgan fingerprint density at radius 1 is 0.453 bits per heavy atom. The monoisotopic (exact) mass is 910 g/mol. The third-order valence-electron chi connectivity index (χ3n) is 9.53. The minimum Gasteiger partial charge on any atom is -0.354 e. The maximum Gasteiger partial charge on any atom is 0.220 e. The highest BCUT2D eigenvalue weighted by atomic mass is 16.2. The second-order valence-corrected chi connectivity index (χ2v) is 23.5. The van der Waals surface area contributed by atoms with E-state index >= 15 is 0 Å². The van der Waals surface area contributed by atoms with Gasteiger partial charge in [-0.15, -0.1) is 0 Å². The summed E-state index contributed by atoms with van der Waals surface area (Å²) in [6, 6.07) is 0.696. The number of hydrogen-bond acceptors (Lipinski definition) is 7. The van der Waals surface area contributed by atoms with Crippen LogP contribution in [0.1, 0.15) is 239 Å². The summed E-state index contributed by atoms with van der Waals surface area (Å²) < 4.78 is 0. The molecular weight excluding hydrogens is 795 g/mol. The Morgan fingerprint density at radius 2 is 0.859 bits per heavy atom. The van der Waals surface area contributed by atoms with E-state index in [1.807, 2.05) is 90.1 Å². The Bertz CT molecular complexity index is 1220. The molecule has 0 fully saturated rings. The molecule has 0 saturated heterocycles. The van der Waals surface area contributed by atoms with Crippen molar-refractivity contribution in [2.45, 2.75) is 256 Å². The minimum atomic E-state index is -0.137. The number of ketones is 4. The van der Waals surface area contributed by atoms with Crippen LogP contribution in [0, 0.1) is 64.6 Å². The summed E-state index contributed by atoms with van der Waals surface area (Å²) >= 11 is 0. The van der Waals surface area contributed by atoms with Gasteiger partial charge < -0.3 is 10.6 Å². The first kappa shape index (κ1) is 73.4. The van der Waals surface area contributed by atoms with E-state index in [2.05, 4.69) is 126 Å². The zero-order valence-electron chi connectivity index (χ0n) is 48.4. The second kappa shape index (κ2) is 39.9. The van der Waals surface area contributed by atoms with Crippen LogP contribution in [0.25, 0.3) is 0 Å². The van der Waals surface area contributed by atoms with Gasteiger partial charge in [0.25, 0.3) is 0 Å². The van der Waals surface area contributed by atoms with E-state index in [9.17, 15) is 24.0 Å². The second-order valence-electron chi connectivity index (χ2n) is 23.5. The maximum atomic E-state index is 11.7. The van der Waals surface area contributed by atoms with Crippen molar-refractivity contribution in [1.82, 2.24) is 10.6 Å². The summed E-state index contributed by atoms with van der Waals surface area (Å²) in [5.41, 5.74) is 1.13. The number of amides is 1. The Hall–Kier alpha value is -2.22. The lowest BCUT2D eigenvalue weighted by molar-refractivity contribution is -0.131. The van der Waals surface area contributed by atoms with Gasteiger partial charge in [-0.25, -0.2) is 0 Å². The molecule has 0 aliphatic rings. The molecule has 0 aliphatic heterocycles. The van der Waals surface area contributed by atoms with Crippen molar-refractivity contribution < 1.29 is 24.0 Å². The molecule has 0 saturated carbocycles. The molecule has 0 aromatic carbocycles. The van der Waals surface area contributed by atoms with Crippen molar-refractivity contribution in [2.75, 3.05) is 7.05 Å². The Kier molecular flexibility index (Phi) is 45.7. The van der Waals surface area contributed by atoms with E-state index < -0.39 is 0 Å². The van der Waals surface area contributed by atoms with Crippen LogP contribution in [0.3, 0.4) is 0 Å². The predicted molar refractivity (Wildman–Crippen MR) is 283 cm³/mol. The molecule has 2 N–H and O–H groups in total. The van der Waals surface area contributed by atoms with Crippen molar-refractivity contribution in [3.63, 3.8) is 0 Å². The first-order valence-corrected chi connectivity index (χ1v) is 25.3. The number of hydrogen-bond donors (Lipinski definition) is 2. The number of carbonyl (C=O) groups excluding carboxylic acids is 5. The lowest BCUT2D eigenvalue weighted by Crippen LogP contribution is -2.45. The standard InChI is InChI=1S/C11H23NO.C11H22O.C9H19N.C9H18O.C8H17NO.C8H16O/c1-8(2)10(13)7-11(5,6)12-9(3)4;1-8(2)7-11(5,6)10(12)9(3)4;1-7(2)6-9(10-5)8(3)4;1-7(2)5-6-9(10)8(3)4;1-6(2)5-8(10)9-7(3)4;1-6(2)5-8(9)7(3)4/h8-9,12H,7H2,1-6H3;8-9H,7H2,1-6H3;7-8H,6H2,1-5H3;7-8H,5-6H2,1-4H3;6-7H,5H2,1-4H3,(H,9,10);6-7H,5H2,1-4H3. The molecular formula is C56H115N3O5. The first-order chi connectivity index (χ1) is 28.7. The Balaban J connectivity index is -0.000000158. The molecule has 384 valence electrons. The summed E-state index contributed by atoms with van der Waals surface area (Å²) in [6.45, 7) is 57.8. The van der Waals surface area contributed by atoms with E-state index in [0.717, 1.165) is 38.0 Å². The summed E-state index contributed by atoms with van der Waals surface area (Å²) in [5, 5.41) is 6.22. The zero-order valence-corrected chi connectivity index (χ0v) is 48.4. The van der Waals surface area contributed by atoms with Crippen LogP contribution >= 0.6 is 0 Å². The highest BCUT2D eigenvalue weighted by Crippen LogP contribution is 2.29. The van der Waals surface area contributed by atoms with Crippen LogP contribution in [0.15, 0.2) is 4.99 Å². The van der Waals surface area contributed by atoms with E-state index in [0.29, 0.717) is 71.6 Å². The average molecular weight is 911 g/mol. The zero-order chi connectivity index (χ0) is 52.5. The molecule has 0 aliphatic carbocycles. The van der Waals surface area contributed by atoms with Crippen LogP contribution in [-0.2, 0) is 24.0 Å². The number of aliphatic imine (C=N–C) groups is 1. The lowest BCUT2D eigenvalue weighted by atomic mass is 9.76. The number of nitrogens with zero attached hydrogens (tertiary/aromatic N) is 1. The van der Waals surface area contributed by atoms with Gasteiger partial charge in [-0.2, -0.15) is 0 Å². The van der Waals surface area contributed by atoms with Gasteiger partial charge in [0, 0.05) is 85.2 Å². The van der Waals surface area contributed by atoms with Crippen molar-refractivity contribution in [3.05, 3.63) is 0 Å². The lowest BCUT2D eigenvalue weighted by Gasteiger charge is -2.28. The van der Waals surface area contributed by atoms with Gasteiger partial charge in [-0.3, -0.25) is 29.0 Å². The predicted octanol–water partition coefficient (Wildman–Crippen LogP) is 14.9. The molecule has 0 spiro atoms. The number of rotatable bonds is 22. The van der Waals surface area contributed by atoms with Gasteiger partial charge >= 0.3 is 0 Å². The number of Topliss-reactive ketones (excluding diaryl/α,β-unsaturated/α-hetero) is 4. The van der Waals surface area contributed by atoms with Crippen LogP contribution in [0.5, 0.6) is 0 Å². The molecule has 8 nitrogen and oxygen atoms in total. The Labute approximate surface area is 401 Å². The first-order valence-electron chi connectivity index (χ1n) is 25.3. The van der Waals surface area contributed by atoms with Gasteiger partial charge in [0.05, 0.1) is 0 Å². The topological polar surface area (TPSA) is 122 Å². The van der Waals surface area contributed by atoms with Crippen LogP contribution in [0.2, 0.25) is 0 Å². The smallest absolute Gasteiger partial charge is 0.220 e. The average Bonchev–Trinajstić information content (AvgIpc) is 3.07. The molecule has 0 atom stereocenters. The fourth-order valence-corrected chi connectivity index (χ4v) is 6.49. The van der Waals surface area contributed by atoms with E-state index in [-0.39, 0.29) is 46.6 Å². The highest BCUT2D eigenvalue weighted by molar-refractivity contribution is 5.86. The molecule has 0 aromatic heterocycles. The molecule has 0 heterocycles. The third kappa shape index (κ3) is 54.1. The van der Waals surface area contributed by atoms with Crippen LogP contribution in [0.4, 0.5) is 0 Å². The summed E-state index contributed by atoms with van der Waals surface area (Å²) in [5.74, 6) is 5.98. The van der Waals surface area contributed by atoms with Gasteiger partial charge in [0.1, 0.15) is 23.1 Å². The third-order valence-corrected chi connectivity index (χ3v) is 9.53.